The van der Waals surface area contributed by atoms with Gasteiger partial charge in [0.15, 0.2) is 0 Å². The van der Waals surface area contributed by atoms with Crippen LogP contribution in [0.25, 0.3) is 0 Å². The first-order valence-electron chi connectivity index (χ1n) is 5.91. The number of hydrogen-bond acceptors (Lipinski definition) is 4. The van der Waals surface area contributed by atoms with Crippen LogP contribution >= 0.6 is 0 Å². The van der Waals surface area contributed by atoms with E-state index in [0.717, 1.165) is 5.56 Å². The van der Waals surface area contributed by atoms with Crippen LogP contribution in [0.3, 0.4) is 0 Å². The number of carbonyl (C=O) groups is 1. The molecule has 0 bridgehead atoms. The monoisotopic (exact) mass is 259 g/mol. The maximum absolute atomic E-state index is 11.4. The second kappa shape index (κ2) is 5.01. The van der Waals surface area contributed by atoms with Crippen molar-refractivity contribution in [2.24, 2.45) is 12.8 Å². The Kier molecular flexibility index (Phi) is 3.41. The summed E-state index contributed by atoms with van der Waals surface area (Å²) in [5.41, 5.74) is 13.9. The van der Waals surface area contributed by atoms with Crippen LogP contribution in [-0.2, 0) is 13.6 Å². The molecular weight excluding hydrogens is 242 g/mol. The summed E-state index contributed by atoms with van der Waals surface area (Å²) in [7, 11) is 1.76. The summed E-state index contributed by atoms with van der Waals surface area (Å²) in [6.07, 6.45) is 0. The molecule has 0 fully saturated rings. The summed E-state index contributed by atoms with van der Waals surface area (Å²) >= 11 is 0. The van der Waals surface area contributed by atoms with E-state index in [1.165, 1.54) is 0 Å². The van der Waals surface area contributed by atoms with Crippen molar-refractivity contribution in [1.29, 1.82) is 0 Å². The van der Waals surface area contributed by atoms with Crippen LogP contribution in [-0.4, -0.2) is 15.7 Å². The van der Waals surface area contributed by atoms with Crippen LogP contribution in [0.5, 0.6) is 0 Å². The lowest BCUT2D eigenvalue weighted by Gasteiger charge is -2.10. The fourth-order valence-electron chi connectivity index (χ4n) is 2.03. The van der Waals surface area contributed by atoms with E-state index in [1.54, 1.807) is 18.7 Å². The number of rotatable bonds is 4. The Balaban J connectivity index is 2.25. The van der Waals surface area contributed by atoms with Crippen LogP contribution in [0.2, 0.25) is 0 Å². The number of hydrogen-bond donors (Lipinski definition) is 3. The van der Waals surface area contributed by atoms with E-state index in [4.69, 9.17) is 11.5 Å². The van der Waals surface area contributed by atoms with Gasteiger partial charge in [-0.3, -0.25) is 9.48 Å². The molecule has 1 aromatic heterocycles. The number of nitrogens with one attached hydrogen (secondary N) is 1. The smallest absolute Gasteiger partial charge is 0.254 e. The van der Waals surface area contributed by atoms with Crippen molar-refractivity contribution in [2.45, 2.75) is 13.5 Å². The quantitative estimate of drug-likeness (QED) is 0.714. The van der Waals surface area contributed by atoms with Gasteiger partial charge in [0.25, 0.3) is 5.91 Å². The summed E-state index contributed by atoms with van der Waals surface area (Å²) in [4.78, 5) is 11.4. The molecule has 6 heteroatoms. The van der Waals surface area contributed by atoms with Crippen molar-refractivity contribution in [3.63, 3.8) is 0 Å². The van der Waals surface area contributed by atoms with E-state index < -0.39 is 5.91 Å². The predicted molar refractivity (Wildman–Crippen MR) is 74.6 cm³/mol. The van der Waals surface area contributed by atoms with Gasteiger partial charge in [0, 0.05) is 19.3 Å². The molecule has 19 heavy (non-hydrogen) atoms. The van der Waals surface area contributed by atoms with Gasteiger partial charge in [-0.15, -0.1) is 0 Å². The normalized spacial score (nSPS) is 10.4. The Morgan fingerprint density at radius 1 is 1.42 bits per heavy atom. The third-order valence-corrected chi connectivity index (χ3v) is 2.97. The Morgan fingerprint density at radius 3 is 2.74 bits per heavy atom. The Morgan fingerprint density at radius 2 is 2.11 bits per heavy atom. The van der Waals surface area contributed by atoms with Gasteiger partial charge in [-0.25, -0.2) is 0 Å². The van der Waals surface area contributed by atoms with Crippen LogP contribution < -0.4 is 16.8 Å². The molecule has 0 spiro atoms. The molecule has 5 N–H and O–H groups in total. The van der Waals surface area contributed by atoms with Gasteiger partial charge in [-0.05, 0) is 18.6 Å². The van der Waals surface area contributed by atoms with Crippen LogP contribution in [0.4, 0.5) is 11.5 Å². The molecule has 0 unspecified atom stereocenters. The molecule has 2 rings (SSSR count). The lowest BCUT2D eigenvalue weighted by atomic mass is 10.1. The standard InChI is InChI=1S/C13H17N5O/c1-8-11(12(15)19)13(18(2)17-8)16-7-9-5-3-4-6-10(9)14/h3-6,16H,7,14H2,1-2H3,(H2,15,19). The number of nitrogens with zero attached hydrogens (tertiary/aromatic N) is 2. The molecule has 1 aromatic carbocycles. The van der Waals surface area contributed by atoms with Crippen molar-refractivity contribution in [1.82, 2.24) is 9.78 Å². The van der Waals surface area contributed by atoms with Gasteiger partial charge in [0.2, 0.25) is 0 Å². The molecule has 100 valence electrons. The molecule has 0 aliphatic rings. The van der Waals surface area contributed by atoms with Crippen molar-refractivity contribution in [3.05, 3.63) is 41.1 Å². The molecule has 0 saturated carbocycles. The van der Waals surface area contributed by atoms with Gasteiger partial charge in [0.05, 0.1) is 5.69 Å². The SMILES string of the molecule is Cc1nn(C)c(NCc2ccccc2N)c1C(N)=O. The van der Waals surface area contributed by atoms with E-state index in [-0.39, 0.29) is 0 Å². The zero-order valence-corrected chi connectivity index (χ0v) is 11.0. The van der Waals surface area contributed by atoms with Crippen LogP contribution in [0.15, 0.2) is 24.3 Å². The highest BCUT2D eigenvalue weighted by atomic mass is 16.1. The topological polar surface area (TPSA) is 99.0 Å². The lowest BCUT2D eigenvalue weighted by Crippen LogP contribution is -2.15. The highest BCUT2D eigenvalue weighted by Crippen LogP contribution is 2.20. The minimum atomic E-state index is -0.492. The van der Waals surface area contributed by atoms with E-state index in [9.17, 15) is 4.79 Å². The van der Waals surface area contributed by atoms with E-state index in [0.29, 0.717) is 29.3 Å². The van der Waals surface area contributed by atoms with Crippen LogP contribution in [0.1, 0.15) is 21.6 Å². The second-order valence-corrected chi connectivity index (χ2v) is 4.35. The highest BCUT2D eigenvalue weighted by molar-refractivity contribution is 5.98. The zero-order chi connectivity index (χ0) is 14.0. The Labute approximate surface area is 111 Å². The van der Waals surface area contributed by atoms with Gasteiger partial charge >= 0.3 is 0 Å². The average molecular weight is 259 g/mol. The molecule has 2 aromatic rings. The zero-order valence-electron chi connectivity index (χ0n) is 11.0. The number of carbonyl (C=O) groups excluding carboxylic acids is 1. The number of nitrogens with two attached hydrogens (primary N) is 2. The average Bonchev–Trinajstić information content (AvgIpc) is 2.63. The first-order valence-corrected chi connectivity index (χ1v) is 5.91. The number of aryl methyl sites for hydroxylation is 2. The molecule has 0 radical (unpaired) electrons. The Bertz CT molecular complexity index is 617. The molecule has 0 aliphatic heterocycles. The molecule has 1 heterocycles. The molecule has 0 aliphatic carbocycles. The summed E-state index contributed by atoms with van der Waals surface area (Å²) in [5.74, 6) is 0.113. The summed E-state index contributed by atoms with van der Waals surface area (Å²) < 4.78 is 1.61. The fraction of sp³-hybridized carbons (Fsp3) is 0.231. The van der Waals surface area contributed by atoms with E-state index in [1.807, 2.05) is 24.3 Å². The minimum Gasteiger partial charge on any atom is -0.398 e. The summed E-state index contributed by atoms with van der Waals surface area (Å²) in [6, 6.07) is 7.55. The molecule has 6 nitrogen and oxygen atoms in total. The van der Waals surface area contributed by atoms with Crippen LogP contribution in [0, 0.1) is 6.92 Å². The first-order chi connectivity index (χ1) is 9.00. The number of amides is 1. The molecular formula is C13H17N5O. The summed E-state index contributed by atoms with van der Waals surface area (Å²) in [6.45, 7) is 2.26. The van der Waals surface area contributed by atoms with Gasteiger partial charge in [0.1, 0.15) is 11.4 Å². The Hall–Kier alpha value is -2.50. The maximum Gasteiger partial charge on any atom is 0.254 e. The molecule has 0 saturated heterocycles. The van der Waals surface area contributed by atoms with Gasteiger partial charge < -0.3 is 16.8 Å². The third-order valence-electron chi connectivity index (χ3n) is 2.97. The van der Waals surface area contributed by atoms with E-state index >= 15 is 0 Å². The van der Waals surface area contributed by atoms with Gasteiger partial charge in [-0.1, -0.05) is 18.2 Å². The molecule has 1 amide bonds. The van der Waals surface area contributed by atoms with Crippen molar-refractivity contribution < 1.29 is 4.79 Å². The highest BCUT2D eigenvalue weighted by Gasteiger charge is 2.17. The van der Waals surface area contributed by atoms with Crippen molar-refractivity contribution >= 4 is 17.4 Å². The number of benzene rings is 1. The summed E-state index contributed by atoms with van der Waals surface area (Å²) in [5, 5.41) is 7.35. The van der Waals surface area contributed by atoms with E-state index in [2.05, 4.69) is 10.4 Å². The number of primary amides is 1. The van der Waals surface area contributed by atoms with Crippen molar-refractivity contribution in [3.8, 4) is 0 Å². The lowest BCUT2D eigenvalue weighted by molar-refractivity contribution is 0.100. The van der Waals surface area contributed by atoms with Crippen molar-refractivity contribution in [2.75, 3.05) is 11.1 Å². The number of anilines is 2. The fourth-order valence-corrected chi connectivity index (χ4v) is 2.03. The largest absolute Gasteiger partial charge is 0.398 e. The number of aromatic nitrogens is 2. The minimum absolute atomic E-state index is 0.414. The number of para-hydroxylation sites is 1. The first kappa shape index (κ1) is 12.9. The second-order valence-electron chi connectivity index (χ2n) is 4.35. The maximum atomic E-state index is 11.4. The van der Waals surface area contributed by atoms with Gasteiger partial charge in [-0.2, -0.15) is 5.10 Å². The molecule has 0 atom stereocenters. The third kappa shape index (κ3) is 2.52. The number of nitrogen functional groups attached to an aromatic ring is 1. The predicted octanol–water partition coefficient (Wildman–Crippen LogP) is 1.02.